The first-order chi connectivity index (χ1) is 27.7. The maximum absolute atomic E-state index is 6.54. The van der Waals surface area contributed by atoms with Crippen molar-refractivity contribution in [1.82, 2.24) is 24.9 Å². The number of rotatable bonds is 6. The van der Waals surface area contributed by atoms with Gasteiger partial charge in [0.15, 0.2) is 23.3 Å². The molecular weight excluding hydrogens is 707 g/mol. The number of fused-ring (bicyclic) bond motifs is 6. The van der Waals surface area contributed by atoms with Crippen LogP contribution in [0.3, 0.4) is 0 Å². The number of hydrogen-bond acceptors (Lipinski definition) is 7. The Hall–Kier alpha value is -7.35. The normalized spacial score (nSPS) is 11.6. The van der Waals surface area contributed by atoms with E-state index in [1.807, 2.05) is 78.9 Å². The highest BCUT2D eigenvalue weighted by Crippen LogP contribution is 2.44. The van der Waals surface area contributed by atoms with Crippen molar-refractivity contribution in [2.24, 2.45) is 0 Å². The number of nitrogens with zero attached hydrogens (tertiary/aromatic N) is 5. The van der Waals surface area contributed by atoms with Gasteiger partial charge >= 0.3 is 0 Å². The quantitative estimate of drug-likeness (QED) is 0.169. The molecule has 0 N–H and O–H groups in total. The summed E-state index contributed by atoms with van der Waals surface area (Å²) in [6.07, 6.45) is 0. The molecule has 0 fully saturated rings. The standard InChI is InChI=1S/C49H29N5OS/c1-4-14-30(15-5-1)33-20-12-21-34(28-33)48-52-47(32-18-8-3-9-19-32)53-49(54-48)35-26-27-39-38(29-35)42-37(23-13-24-40(42)55-39)44-45-43(36-22-10-11-25-41(36)56-45)50-46(51-44)31-16-6-2-7-17-31/h1-29H. The van der Waals surface area contributed by atoms with Crippen LogP contribution in [0.25, 0.3) is 110 Å². The van der Waals surface area contributed by atoms with Crippen molar-refractivity contribution in [3.05, 3.63) is 176 Å². The van der Waals surface area contributed by atoms with E-state index in [4.69, 9.17) is 29.3 Å². The van der Waals surface area contributed by atoms with Crippen LogP contribution >= 0.6 is 11.3 Å². The van der Waals surface area contributed by atoms with Crippen LogP contribution in [-0.2, 0) is 0 Å². The van der Waals surface area contributed by atoms with E-state index in [0.29, 0.717) is 23.3 Å². The van der Waals surface area contributed by atoms with Gasteiger partial charge in [0.05, 0.1) is 15.9 Å². The van der Waals surface area contributed by atoms with Crippen LogP contribution in [0.4, 0.5) is 0 Å². The number of aromatic nitrogens is 5. The van der Waals surface area contributed by atoms with Crippen molar-refractivity contribution >= 4 is 53.6 Å². The highest BCUT2D eigenvalue weighted by atomic mass is 32.1. The second-order valence-corrected chi connectivity index (χ2v) is 14.7. The lowest BCUT2D eigenvalue weighted by atomic mass is 10.0. The molecule has 0 atom stereocenters. The summed E-state index contributed by atoms with van der Waals surface area (Å²) in [7, 11) is 0. The molecule has 0 aliphatic heterocycles. The number of furan rings is 1. The number of hydrogen-bond donors (Lipinski definition) is 0. The molecule has 6 nitrogen and oxygen atoms in total. The van der Waals surface area contributed by atoms with Crippen molar-refractivity contribution in [1.29, 1.82) is 0 Å². The van der Waals surface area contributed by atoms with E-state index >= 15 is 0 Å². The number of benzene rings is 7. The Morgan fingerprint density at radius 1 is 0.375 bits per heavy atom. The zero-order valence-corrected chi connectivity index (χ0v) is 30.6. The summed E-state index contributed by atoms with van der Waals surface area (Å²) in [5.41, 5.74) is 10.2. The molecule has 0 amide bonds. The zero-order chi connectivity index (χ0) is 37.0. The van der Waals surface area contributed by atoms with Crippen molar-refractivity contribution in [2.75, 3.05) is 0 Å². The largest absolute Gasteiger partial charge is 0.456 e. The van der Waals surface area contributed by atoms with Gasteiger partial charge in [-0.2, -0.15) is 0 Å². The third kappa shape index (κ3) is 5.52. The molecule has 0 aliphatic carbocycles. The number of thiophene rings is 1. The monoisotopic (exact) mass is 735 g/mol. The Labute approximate surface area is 325 Å². The molecule has 0 saturated carbocycles. The summed E-state index contributed by atoms with van der Waals surface area (Å²) >= 11 is 1.72. The summed E-state index contributed by atoms with van der Waals surface area (Å²) in [4.78, 5) is 25.7. The average molecular weight is 736 g/mol. The van der Waals surface area contributed by atoms with Gasteiger partial charge in [-0.1, -0.05) is 140 Å². The first-order valence-corrected chi connectivity index (χ1v) is 19.2. The highest BCUT2D eigenvalue weighted by molar-refractivity contribution is 7.26. The average Bonchev–Trinajstić information content (AvgIpc) is 3.85. The lowest BCUT2D eigenvalue weighted by Gasteiger charge is -2.10. The van der Waals surface area contributed by atoms with Crippen LogP contribution in [0.15, 0.2) is 180 Å². The molecule has 0 spiro atoms. The van der Waals surface area contributed by atoms with E-state index in [1.165, 1.54) is 4.70 Å². The SMILES string of the molecule is c1ccc(-c2cccc(-c3nc(-c4ccccc4)nc(-c4ccc5oc6cccc(-c7nc(-c8ccccc8)nc8c7sc7ccccc78)c6c5c4)n3)c2)cc1. The van der Waals surface area contributed by atoms with Crippen LogP contribution in [0.1, 0.15) is 0 Å². The molecule has 7 heteroatoms. The molecule has 56 heavy (non-hydrogen) atoms. The van der Waals surface area contributed by atoms with E-state index < -0.39 is 0 Å². The van der Waals surface area contributed by atoms with Crippen molar-refractivity contribution in [3.63, 3.8) is 0 Å². The Kier molecular flexibility index (Phi) is 7.57. The lowest BCUT2D eigenvalue weighted by Crippen LogP contribution is -2.00. The van der Waals surface area contributed by atoms with Gasteiger partial charge in [0.25, 0.3) is 0 Å². The minimum Gasteiger partial charge on any atom is -0.456 e. The van der Waals surface area contributed by atoms with E-state index in [2.05, 4.69) is 97.1 Å². The Bertz CT molecular complexity index is 3250. The summed E-state index contributed by atoms with van der Waals surface area (Å²) in [6.45, 7) is 0. The van der Waals surface area contributed by atoms with Gasteiger partial charge in [-0.25, -0.2) is 24.9 Å². The van der Waals surface area contributed by atoms with Crippen LogP contribution in [0, 0.1) is 0 Å². The van der Waals surface area contributed by atoms with Crippen LogP contribution < -0.4 is 0 Å². The molecule has 0 radical (unpaired) electrons. The molecule has 0 bridgehead atoms. The lowest BCUT2D eigenvalue weighted by molar-refractivity contribution is 0.669. The fraction of sp³-hybridized carbons (Fsp3) is 0. The van der Waals surface area contributed by atoms with E-state index in [0.717, 1.165) is 82.2 Å². The topological polar surface area (TPSA) is 77.6 Å². The predicted molar refractivity (Wildman–Crippen MR) is 228 cm³/mol. The predicted octanol–water partition coefficient (Wildman–Crippen LogP) is 12.9. The summed E-state index contributed by atoms with van der Waals surface area (Å²) in [5.74, 6) is 2.47. The molecule has 0 unspecified atom stereocenters. The third-order valence-electron chi connectivity index (χ3n) is 10.2. The van der Waals surface area contributed by atoms with Gasteiger partial charge in [-0.05, 0) is 47.5 Å². The summed E-state index contributed by atoms with van der Waals surface area (Å²) < 4.78 is 8.75. The first kappa shape index (κ1) is 32.1. The van der Waals surface area contributed by atoms with E-state index in [9.17, 15) is 0 Å². The van der Waals surface area contributed by atoms with Gasteiger partial charge in [-0.3, -0.25) is 0 Å². The Balaban J connectivity index is 1.12. The Morgan fingerprint density at radius 3 is 1.68 bits per heavy atom. The molecule has 4 heterocycles. The zero-order valence-electron chi connectivity index (χ0n) is 29.8. The summed E-state index contributed by atoms with van der Waals surface area (Å²) in [5, 5.41) is 3.06. The third-order valence-corrected chi connectivity index (χ3v) is 11.3. The molecule has 4 aromatic heterocycles. The van der Waals surface area contributed by atoms with Crippen LogP contribution in [0.2, 0.25) is 0 Å². The van der Waals surface area contributed by atoms with E-state index in [-0.39, 0.29) is 0 Å². The van der Waals surface area contributed by atoms with Crippen molar-refractivity contribution in [2.45, 2.75) is 0 Å². The Morgan fingerprint density at radius 2 is 0.946 bits per heavy atom. The molecule has 7 aromatic carbocycles. The van der Waals surface area contributed by atoms with Crippen molar-refractivity contribution in [3.8, 4) is 67.9 Å². The molecular formula is C49H29N5OS. The van der Waals surface area contributed by atoms with Gasteiger partial charge in [0.1, 0.15) is 11.2 Å². The molecule has 11 aromatic rings. The van der Waals surface area contributed by atoms with E-state index in [1.54, 1.807) is 11.3 Å². The molecule has 0 saturated heterocycles. The summed E-state index contributed by atoms with van der Waals surface area (Å²) in [6, 6.07) is 59.8. The van der Waals surface area contributed by atoms with Crippen molar-refractivity contribution < 1.29 is 4.42 Å². The smallest absolute Gasteiger partial charge is 0.164 e. The van der Waals surface area contributed by atoms with Gasteiger partial charge in [0, 0.05) is 48.7 Å². The second-order valence-electron chi connectivity index (χ2n) is 13.6. The van der Waals surface area contributed by atoms with Crippen LogP contribution in [-0.4, -0.2) is 24.9 Å². The van der Waals surface area contributed by atoms with Crippen LogP contribution in [0.5, 0.6) is 0 Å². The minimum absolute atomic E-state index is 0.577. The maximum atomic E-state index is 6.54. The fourth-order valence-corrected chi connectivity index (χ4v) is 8.62. The van der Waals surface area contributed by atoms with Gasteiger partial charge in [-0.15, -0.1) is 11.3 Å². The molecule has 262 valence electrons. The van der Waals surface area contributed by atoms with Gasteiger partial charge in [0.2, 0.25) is 0 Å². The second kappa shape index (κ2) is 13.2. The maximum Gasteiger partial charge on any atom is 0.164 e. The first-order valence-electron chi connectivity index (χ1n) is 18.4. The molecule has 0 aliphatic rings. The fourth-order valence-electron chi connectivity index (χ4n) is 7.47. The molecule has 11 rings (SSSR count). The van der Waals surface area contributed by atoms with Gasteiger partial charge < -0.3 is 4.42 Å². The highest BCUT2D eigenvalue weighted by Gasteiger charge is 2.21. The minimum atomic E-state index is 0.577.